The number of ether oxygens (including phenoxy) is 1. The van der Waals surface area contributed by atoms with Crippen molar-refractivity contribution in [2.45, 2.75) is 32.4 Å². The zero-order valence-corrected chi connectivity index (χ0v) is 19.1. The van der Waals surface area contributed by atoms with Crippen molar-refractivity contribution in [1.29, 1.82) is 0 Å². The molecule has 34 heavy (non-hydrogen) atoms. The van der Waals surface area contributed by atoms with E-state index in [0.717, 1.165) is 16.5 Å². The third kappa shape index (κ3) is 5.61. The molecule has 7 nitrogen and oxygen atoms in total. The fourth-order valence-corrected chi connectivity index (χ4v) is 3.64. The number of amides is 1. The molecule has 2 aromatic heterocycles. The van der Waals surface area contributed by atoms with Gasteiger partial charge in [-0.05, 0) is 50.1 Å². The Hall–Kier alpha value is -4.15. The Morgan fingerprint density at radius 2 is 1.88 bits per heavy atom. The zero-order chi connectivity index (χ0) is 23.9. The lowest BCUT2D eigenvalue weighted by Gasteiger charge is -2.19. The van der Waals surface area contributed by atoms with Gasteiger partial charge in [-0.2, -0.15) is 0 Å². The summed E-state index contributed by atoms with van der Waals surface area (Å²) in [5.74, 6) is 6.17. The van der Waals surface area contributed by atoms with Crippen molar-refractivity contribution in [2.75, 3.05) is 6.61 Å². The number of fused-ring (bicyclic) bond motifs is 1. The number of rotatable bonds is 7. The normalized spacial score (nSPS) is 11.6. The maximum atomic E-state index is 13.3. The predicted molar refractivity (Wildman–Crippen MR) is 131 cm³/mol. The zero-order valence-electron chi connectivity index (χ0n) is 19.1. The van der Waals surface area contributed by atoms with Crippen molar-refractivity contribution in [3.63, 3.8) is 0 Å². The van der Waals surface area contributed by atoms with Gasteiger partial charge >= 0.3 is 0 Å². The van der Waals surface area contributed by atoms with E-state index in [4.69, 9.17) is 4.74 Å². The SMILES string of the molecule is CC(C)Oc1ccc(C#Cc2cncnc2)cc1C(=O)N[C@@H](CO)Cc1c[nH]c2ccccc12. The fraction of sp³-hybridized carbons (Fsp3) is 0.222. The number of aliphatic hydroxyl groups is 1. The first-order valence-electron chi connectivity index (χ1n) is 11.1. The van der Waals surface area contributed by atoms with Crippen molar-refractivity contribution in [2.24, 2.45) is 0 Å². The third-order valence-corrected chi connectivity index (χ3v) is 5.20. The van der Waals surface area contributed by atoms with Crippen LogP contribution in [0.5, 0.6) is 5.75 Å². The molecule has 172 valence electrons. The molecule has 0 saturated heterocycles. The summed E-state index contributed by atoms with van der Waals surface area (Å²) in [4.78, 5) is 24.4. The van der Waals surface area contributed by atoms with Gasteiger partial charge in [0.2, 0.25) is 0 Å². The van der Waals surface area contributed by atoms with Crippen LogP contribution >= 0.6 is 0 Å². The molecule has 0 spiro atoms. The van der Waals surface area contributed by atoms with Crippen LogP contribution < -0.4 is 10.1 Å². The first-order chi connectivity index (χ1) is 16.5. The summed E-state index contributed by atoms with van der Waals surface area (Å²) in [7, 11) is 0. The summed E-state index contributed by atoms with van der Waals surface area (Å²) in [5, 5.41) is 14.0. The average Bonchev–Trinajstić information content (AvgIpc) is 3.26. The van der Waals surface area contributed by atoms with E-state index >= 15 is 0 Å². The number of H-pyrrole nitrogens is 1. The minimum Gasteiger partial charge on any atom is -0.490 e. The quantitative estimate of drug-likeness (QED) is 0.371. The van der Waals surface area contributed by atoms with E-state index < -0.39 is 6.04 Å². The van der Waals surface area contributed by atoms with E-state index in [2.05, 4.69) is 32.1 Å². The van der Waals surface area contributed by atoms with Gasteiger partial charge in [0, 0.05) is 35.1 Å². The van der Waals surface area contributed by atoms with Gasteiger partial charge in [0.25, 0.3) is 5.91 Å². The molecule has 4 aromatic rings. The lowest BCUT2D eigenvalue weighted by atomic mass is 10.0. The molecular weight excluding hydrogens is 428 g/mol. The summed E-state index contributed by atoms with van der Waals surface area (Å²) in [5.41, 5.74) is 3.74. The van der Waals surface area contributed by atoms with Crippen molar-refractivity contribution in [3.8, 4) is 17.6 Å². The van der Waals surface area contributed by atoms with E-state index in [-0.39, 0.29) is 18.6 Å². The number of aliphatic hydroxyl groups excluding tert-OH is 1. The molecular formula is C27H26N4O3. The summed E-state index contributed by atoms with van der Waals surface area (Å²) < 4.78 is 5.87. The van der Waals surface area contributed by atoms with Gasteiger partial charge in [0.15, 0.2) is 0 Å². The molecule has 0 aliphatic rings. The molecule has 7 heteroatoms. The van der Waals surface area contributed by atoms with Crippen molar-refractivity contribution in [1.82, 2.24) is 20.3 Å². The first kappa shape index (κ1) is 23.0. The Bertz CT molecular complexity index is 1340. The molecule has 0 radical (unpaired) electrons. The molecule has 2 aromatic carbocycles. The molecule has 0 aliphatic carbocycles. The van der Waals surface area contributed by atoms with Crippen LogP contribution in [-0.4, -0.2) is 44.7 Å². The Morgan fingerprint density at radius 3 is 2.65 bits per heavy atom. The molecule has 0 aliphatic heterocycles. The van der Waals surface area contributed by atoms with Crippen molar-refractivity contribution in [3.05, 3.63) is 89.6 Å². The highest BCUT2D eigenvalue weighted by atomic mass is 16.5. The second-order valence-corrected chi connectivity index (χ2v) is 8.17. The van der Waals surface area contributed by atoms with E-state index in [0.29, 0.717) is 28.9 Å². The minimum absolute atomic E-state index is 0.107. The van der Waals surface area contributed by atoms with Crippen LogP contribution in [0.4, 0.5) is 0 Å². The summed E-state index contributed by atoms with van der Waals surface area (Å²) >= 11 is 0. The van der Waals surface area contributed by atoms with Crippen LogP contribution in [-0.2, 0) is 6.42 Å². The summed E-state index contributed by atoms with van der Waals surface area (Å²) in [6.07, 6.45) is 6.99. The maximum absolute atomic E-state index is 13.3. The van der Waals surface area contributed by atoms with Gasteiger partial charge in [-0.25, -0.2) is 9.97 Å². The second-order valence-electron chi connectivity index (χ2n) is 8.17. The van der Waals surface area contributed by atoms with Crippen LogP contribution in [0.2, 0.25) is 0 Å². The predicted octanol–water partition coefficient (Wildman–Crippen LogP) is 3.48. The highest BCUT2D eigenvalue weighted by molar-refractivity contribution is 5.97. The maximum Gasteiger partial charge on any atom is 0.255 e. The molecule has 0 fully saturated rings. The highest BCUT2D eigenvalue weighted by Crippen LogP contribution is 2.23. The number of carbonyl (C=O) groups is 1. The molecule has 1 amide bonds. The molecule has 0 saturated carbocycles. The standard InChI is InChI=1S/C27H26N4O3/c1-18(2)34-26-10-9-19(7-8-20-13-28-17-29-14-20)11-24(26)27(33)31-22(16-32)12-21-15-30-25-6-4-3-5-23(21)25/h3-6,9-11,13-15,17-18,22,30,32H,12,16H2,1-2H3,(H,31,33)/t22-/m1/s1. The number of aromatic amines is 1. The smallest absolute Gasteiger partial charge is 0.255 e. The number of carbonyl (C=O) groups excluding carboxylic acids is 1. The Kier molecular flexibility index (Phi) is 7.21. The van der Waals surface area contributed by atoms with Crippen LogP contribution in [0.3, 0.4) is 0 Å². The fourth-order valence-electron chi connectivity index (χ4n) is 3.64. The average molecular weight is 455 g/mol. The van der Waals surface area contributed by atoms with Gasteiger partial charge < -0.3 is 20.1 Å². The highest BCUT2D eigenvalue weighted by Gasteiger charge is 2.19. The lowest BCUT2D eigenvalue weighted by molar-refractivity contribution is 0.0910. The first-order valence-corrected chi connectivity index (χ1v) is 11.1. The van der Waals surface area contributed by atoms with Gasteiger partial charge in [-0.1, -0.05) is 30.0 Å². The van der Waals surface area contributed by atoms with E-state index in [1.165, 1.54) is 6.33 Å². The van der Waals surface area contributed by atoms with Gasteiger partial charge in [0.1, 0.15) is 12.1 Å². The topological polar surface area (TPSA) is 100 Å². The number of hydrogen-bond donors (Lipinski definition) is 3. The van der Waals surface area contributed by atoms with Crippen LogP contribution in [0, 0.1) is 11.8 Å². The molecule has 4 rings (SSSR count). The molecule has 3 N–H and O–H groups in total. The Morgan fingerprint density at radius 1 is 1.12 bits per heavy atom. The number of para-hydroxylation sites is 1. The number of nitrogens with zero attached hydrogens (tertiary/aromatic N) is 2. The van der Waals surface area contributed by atoms with E-state index in [1.807, 2.05) is 44.3 Å². The summed E-state index contributed by atoms with van der Waals surface area (Å²) in [6, 6.07) is 12.7. The largest absolute Gasteiger partial charge is 0.490 e. The van der Waals surface area contributed by atoms with Crippen LogP contribution in [0.1, 0.15) is 40.9 Å². The Balaban J connectivity index is 1.57. The molecule has 1 atom stereocenters. The van der Waals surface area contributed by atoms with Gasteiger partial charge in [-0.15, -0.1) is 0 Å². The minimum atomic E-state index is -0.463. The number of hydrogen-bond acceptors (Lipinski definition) is 5. The van der Waals surface area contributed by atoms with E-state index in [1.54, 1.807) is 30.6 Å². The van der Waals surface area contributed by atoms with E-state index in [9.17, 15) is 9.90 Å². The Labute approximate surface area is 198 Å². The van der Waals surface area contributed by atoms with Gasteiger partial charge in [-0.3, -0.25) is 4.79 Å². The van der Waals surface area contributed by atoms with Crippen molar-refractivity contribution >= 4 is 16.8 Å². The molecule has 0 bridgehead atoms. The monoisotopic (exact) mass is 454 g/mol. The van der Waals surface area contributed by atoms with Crippen LogP contribution in [0.25, 0.3) is 10.9 Å². The van der Waals surface area contributed by atoms with Crippen molar-refractivity contribution < 1.29 is 14.6 Å². The van der Waals surface area contributed by atoms with Gasteiger partial charge in [0.05, 0.1) is 29.9 Å². The van der Waals surface area contributed by atoms with Crippen LogP contribution in [0.15, 0.2) is 67.4 Å². The number of nitrogens with one attached hydrogen (secondary N) is 2. The number of aromatic nitrogens is 3. The third-order valence-electron chi connectivity index (χ3n) is 5.20. The second kappa shape index (κ2) is 10.6. The lowest BCUT2D eigenvalue weighted by Crippen LogP contribution is -2.39. The molecule has 0 unspecified atom stereocenters. The molecule has 2 heterocycles. The summed E-state index contributed by atoms with van der Waals surface area (Å²) in [6.45, 7) is 3.61. The number of benzene rings is 2.